The number of nitrogens with one attached hydrogen (secondary N) is 3. The maximum absolute atomic E-state index is 11.6. The van der Waals surface area contributed by atoms with E-state index < -0.39 is 0 Å². The number of amides is 1. The number of hydrazine groups is 1. The van der Waals surface area contributed by atoms with Gasteiger partial charge in [-0.3, -0.25) is 20.6 Å². The molecule has 3 N–H and O–H groups in total. The van der Waals surface area contributed by atoms with Gasteiger partial charge in [0.1, 0.15) is 5.75 Å². The van der Waals surface area contributed by atoms with Gasteiger partial charge in [0, 0.05) is 24.0 Å². The van der Waals surface area contributed by atoms with Crippen molar-refractivity contribution in [3.8, 4) is 5.75 Å². The number of hydrogen-bond donors (Lipinski definition) is 3. The third-order valence-electron chi connectivity index (χ3n) is 2.67. The van der Waals surface area contributed by atoms with E-state index in [0.29, 0.717) is 22.4 Å². The SMILES string of the molecule is O=C(COc1ccc(Cl)cc1)NNC(=S)NCc1cccnc1. The number of halogens is 1. The number of ether oxygens (including phenoxy) is 1. The van der Waals surface area contributed by atoms with E-state index in [4.69, 9.17) is 28.6 Å². The van der Waals surface area contributed by atoms with Crippen LogP contribution in [0.15, 0.2) is 48.8 Å². The Hall–Kier alpha value is -2.38. The molecule has 0 aliphatic heterocycles. The maximum atomic E-state index is 11.6. The smallest absolute Gasteiger partial charge is 0.276 e. The molecule has 1 aromatic heterocycles. The van der Waals surface area contributed by atoms with Crippen molar-refractivity contribution in [1.29, 1.82) is 0 Å². The van der Waals surface area contributed by atoms with Crippen LogP contribution in [-0.4, -0.2) is 22.6 Å². The molecule has 0 aliphatic carbocycles. The van der Waals surface area contributed by atoms with E-state index >= 15 is 0 Å². The standard InChI is InChI=1S/C15H15ClN4O2S/c16-12-3-5-13(6-4-12)22-10-14(21)19-20-15(23)18-9-11-2-1-7-17-8-11/h1-8H,9-10H2,(H,19,21)(H2,18,20,23). The molecule has 0 unspecified atom stereocenters. The summed E-state index contributed by atoms with van der Waals surface area (Å²) in [6, 6.07) is 10.5. The first-order valence-electron chi connectivity index (χ1n) is 6.73. The molecule has 1 amide bonds. The fourth-order valence-corrected chi connectivity index (χ4v) is 1.82. The van der Waals surface area contributed by atoms with E-state index in [9.17, 15) is 4.79 Å². The number of rotatable bonds is 5. The van der Waals surface area contributed by atoms with Crippen LogP contribution in [0.3, 0.4) is 0 Å². The van der Waals surface area contributed by atoms with Crippen molar-refractivity contribution in [1.82, 2.24) is 21.2 Å². The summed E-state index contributed by atoms with van der Waals surface area (Å²) in [4.78, 5) is 15.6. The zero-order chi connectivity index (χ0) is 16.5. The van der Waals surface area contributed by atoms with Gasteiger partial charge in [-0.25, -0.2) is 0 Å². The second-order valence-electron chi connectivity index (χ2n) is 4.46. The highest BCUT2D eigenvalue weighted by molar-refractivity contribution is 7.80. The summed E-state index contributed by atoms with van der Waals surface area (Å²) < 4.78 is 5.30. The van der Waals surface area contributed by atoms with Gasteiger partial charge in [-0.15, -0.1) is 0 Å². The van der Waals surface area contributed by atoms with Crippen molar-refractivity contribution in [2.24, 2.45) is 0 Å². The summed E-state index contributed by atoms with van der Waals surface area (Å²) in [5.74, 6) is 0.201. The molecular weight excluding hydrogens is 336 g/mol. The lowest BCUT2D eigenvalue weighted by Crippen LogP contribution is -2.48. The molecule has 120 valence electrons. The van der Waals surface area contributed by atoms with Gasteiger partial charge in [-0.05, 0) is 48.1 Å². The molecule has 2 rings (SSSR count). The predicted octanol–water partition coefficient (Wildman–Crippen LogP) is 1.81. The minimum Gasteiger partial charge on any atom is -0.484 e. The Labute approximate surface area is 144 Å². The molecule has 1 heterocycles. The molecule has 0 saturated heterocycles. The fraction of sp³-hybridized carbons (Fsp3) is 0.133. The lowest BCUT2D eigenvalue weighted by Gasteiger charge is -2.12. The summed E-state index contributed by atoms with van der Waals surface area (Å²) >= 11 is 10.8. The summed E-state index contributed by atoms with van der Waals surface area (Å²) in [5, 5.41) is 3.85. The molecule has 0 aliphatic rings. The lowest BCUT2D eigenvalue weighted by molar-refractivity contribution is -0.123. The van der Waals surface area contributed by atoms with Gasteiger partial charge in [0.15, 0.2) is 11.7 Å². The van der Waals surface area contributed by atoms with Crippen molar-refractivity contribution in [2.75, 3.05) is 6.61 Å². The summed E-state index contributed by atoms with van der Waals surface area (Å²) in [5.41, 5.74) is 6.02. The lowest BCUT2D eigenvalue weighted by atomic mass is 10.3. The third kappa shape index (κ3) is 6.50. The van der Waals surface area contributed by atoms with Gasteiger partial charge in [0.25, 0.3) is 5.91 Å². The minimum atomic E-state index is -0.356. The monoisotopic (exact) mass is 350 g/mol. The number of nitrogens with zero attached hydrogens (tertiary/aromatic N) is 1. The molecule has 0 spiro atoms. The Balaban J connectivity index is 1.63. The van der Waals surface area contributed by atoms with Gasteiger partial charge in [0.2, 0.25) is 0 Å². The maximum Gasteiger partial charge on any atom is 0.276 e. The average Bonchev–Trinajstić information content (AvgIpc) is 2.58. The van der Waals surface area contributed by atoms with Gasteiger partial charge in [0.05, 0.1) is 0 Å². The predicted molar refractivity (Wildman–Crippen MR) is 91.9 cm³/mol. The number of thiocarbonyl (C=S) groups is 1. The minimum absolute atomic E-state index is 0.139. The zero-order valence-electron chi connectivity index (χ0n) is 12.1. The summed E-state index contributed by atoms with van der Waals surface area (Å²) in [7, 11) is 0. The Kier molecular flexibility index (Phi) is 6.58. The van der Waals surface area contributed by atoms with Crippen molar-refractivity contribution in [3.05, 3.63) is 59.4 Å². The molecule has 23 heavy (non-hydrogen) atoms. The molecule has 0 fully saturated rings. The number of benzene rings is 1. The van der Waals surface area contributed by atoms with Crippen LogP contribution in [0.25, 0.3) is 0 Å². The second-order valence-corrected chi connectivity index (χ2v) is 5.30. The van der Waals surface area contributed by atoms with Crippen LogP contribution in [0.1, 0.15) is 5.56 Å². The first kappa shape index (κ1) is 17.0. The van der Waals surface area contributed by atoms with Crippen molar-refractivity contribution in [3.63, 3.8) is 0 Å². The fourth-order valence-electron chi connectivity index (χ4n) is 1.57. The van der Waals surface area contributed by atoms with Crippen LogP contribution < -0.4 is 20.9 Å². The molecule has 0 atom stereocenters. The van der Waals surface area contributed by atoms with Gasteiger partial charge >= 0.3 is 0 Å². The van der Waals surface area contributed by atoms with Crippen LogP contribution in [0, 0.1) is 0 Å². The number of hydrogen-bond acceptors (Lipinski definition) is 4. The average molecular weight is 351 g/mol. The van der Waals surface area contributed by atoms with Crippen molar-refractivity contribution >= 4 is 34.8 Å². The number of aromatic nitrogens is 1. The van der Waals surface area contributed by atoms with Crippen molar-refractivity contribution in [2.45, 2.75) is 6.54 Å². The molecule has 0 radical (unpaired) electrons. The number of carbonyl (C=O) groups excluding carboxylic acids is 1. The second kappa shape index (κ2) is 8.92. The van der Waals surface area contributed by atoms with Crippen molar-refractivity contribution < 1.29 is 9.53 Å². The van der Waals surface area contributed by atoms with Crippen LogP contribution in [0.4, 0.5) is 0 Å². The van der Waals surface area contributed by atoms with E-state index in [-0.39, 0.29) is 12.5 Å². The molecular formula is C15H15ClN4O2S. The molecule has 2 aromatic rings. The highest BCUT2D eigenvalue weighted by Gasteiger charge is 2.03. The number of pyridine rings is 1. The highest BCUT2D eigenvalue weighted by Crippen LogP contribution is 2.15. The quantitative estimate of drug-likeness (QED) is 0.564. The molecule has 1 aromatic carbocycles. The molecule has 6 nitrogen and oxygen atoms in total. The Morgan fingerprint density at radius 3 is 2.70 bits per heavy atom. The van der Waals surface area contributed by atoms with Gasteiger partial charge < -0.3 is 10.1 Å². The topological polar surface area (TPSA) is 75.3 Å². The normalized spacial score (nSPS) is 9.78. The molecule has 0 saturated carbocycles. The first-order chi connectivity index (χ1) is 11.1. The van der Waals surface area contributed by atoms with Gasteiger partial charge in [-0.2, -0.15) is 0 Å². The molecule has 8 heteroatoms. The Bertz CT molecular complexity index is 652. The molecule has 0 bridgehead atoms. The number of carbonyl (C=O) groups is 1. The highest BCUT2D eigenvalue weighted by atomic mass is 35.5. The Morgan fingerprint density at radius 2 is 2.00 bits per heavy atom. The van der Waals surface area contributed by atoms with Crippen LogP contribution in [-0.2, 0) is 11.3 Å². The van der Waals surface area contributed by atoms with Crippen LogP contribution in [0.5, 0.6) is 5.75 Å². The largest absolute Gasteiger partial charge is 0.484 e. The van der Waals surface area contributed by atoms with E-state index in [2.05, 4.69) is 21.2 Å². The zero-order valence-corrected chi connectivity index (χ0v) is 13.7. The first-order valence-corrected chi connectivity index (χ1v) is 7.52. The van der Waals surface area contributed by atoms with E-state index in [1.807, 2.05) is 12.1 Å². The van der Waals surface area contributed by atoms with E-state index in [1.165, 1.54) is 0 Å². The van der Waals surface area contributed by atoms with Crippen LogP contribution in [0.2, 0.25) is 5.02 Å². The van der Waals surface area contributed by atoms with E-state index in [0.717, 1.165) is 5.56 Å². The summed E-state index contributed by atoms with van der Waals surface area (Å²) in [6.07, 6.45) is 3.43. The summed E-state index contributed by atoms with van der Waals surface area (Å²) in [6.45, 7) is 0.372. The van der Waals surface area contributed by atoms with E-state index in [1.54, 1.807) is 36.7 Å². The third-order valence-corrected chi connectivity index (χ3v) is 3.17. The Morgan fingerprint density at radius 1 is 1.22 bits per heavy atom. The van der Waals surface area contributed by atoms with Gasteiger partial charge in [-0.1, -0.05) is 17.7 Å². The van der Waals surface area contributed by atoms with Crippen LogP contribution >= 0.6 is 23.8 Å².